The van der Waals surface area contributed by atoms with Crippen LogP contribution in [0.1, 0.15) is 54.3 Å². The number of rotatable bonds is 4. The van der Waals surface area contributed by atoms with Crippen molar-refractivity contribution in [1.29, 1.82) is 0 Å². The first-order valence-corrected chi connectivity index (χ1v) is 11.1. The number of anilines is 1. The third-order valence-electron chi connectivity index (χ3n) is 6.12. The van der Waals surface area contributed by atoms with Crippen LogP contribution in [-0.4, -0.2) is 43.2 Å². The smallest absolute Gasteiger partial charge is 0.166 e. The van der Waals surface area contributed by atoms with Crippen LogP contribution in [-0.2, 0) is 6.54 Å². The minimum Gasteiger partial charge on any atom is -0.383 e. The molecule has 3 aromatic heterocycles. The number of carbonyl (C=O) groups is 1. The maximum atomic E-state index is 14.8. The number of nitrogens with one attached hydrogen (secondary N) is 1. The molecule has 8 nitrogen and oxygen atoms in total. The highest BCUT2D eigenvalue weighted by Gasteiger charge is 2.26. The Morgan fingerprint density at radius 2 is 2.15 bits per heavy atom. The quantitative estimate of drug-likeness (QED) is 0.370. The van der Waals surface area contributed by atoms with Crippen molar-refractivity contribution in [3.05, 3.63) is 47.3 Å². The van der Waals surface area contributed by atoms with Crippen LogP contribution >= 0.6 is 0 Å². The Morgan fingerprint density at radius 3 is 2.88 bits per heavy atom. The number of pyridine rings is 1. The van der Waals surface area contributed by atoms with E-state index >= 15 is 0 Å². The Labute approximate surface area is 190 Å². The summed E-state index contributed by atoms with van der Waals surface area (Å²) in [5, 5.41) is 8.58. The van der Waals surface area contributed by atoms with Gasteiger partial charge in [0.05, 0.1) is 45.4 Å². The van der Waals surface area contributed by atoms with Gasteiger partial charge in [-0.15, -0.1) is 0 Å². The molecule has 5 rings (SSSR count). The minimum absolute atomic E-state index is 0.0397. The van der Waals surface area contributed by atoms with Gasteiger partial charge in [0, 0.05) is 31.8 Å². The molecule has 9 heteroatoms. The van der Waals surface area contributed by atoms with Gasteiger partial charge in [-0.2, -0.15) is 5.10 Å². The molecule has 33 heavy (non-hydrogen) atoms. The van der Waals surface area contributed by atoms with Crippen LogP contribution in [0.25, 0.3) is 21.9 Å². The molecule has 4 heterocycles. The van der Waals surface area contributed by atoms with E-state index in [-0.39, 0.29) is 23.2 Å². The number of carbonyl (C=O) groups excluding carboxylic acids is 1. The summed E-state index contributed by atoms with van der Waals surface area (Å²) < 4.78 is 18.5. The van der Waals surface area contributed by atoms with Crippen LogP contribution in [0, 0.1) is 17.7 Å². The summed E-state index contributed by atoms with van der Waals surface area (Å²) in [6.45, 7) is 6.08. The van der Waals surface area contributed by atoms with Gasteiger partial charge in [-0.3, -0.25) is 9.48 Å². The molecule has 0 bridgehead atoms. The fraction of sp³-hybridized carbons (Fsp3) is 0.333. The summed E-state index contributed by atoms with van der Waals surface area (Å²) in [5.74, 6) is 5.67. The molecule has 1 atom stereocenters. The van der Waals surface area contributed by atoms with E-state index in [1.54, 1.807) is 12.4 Å². The van der Waals surface area contributed by atoms with E-state index in [9.17, 15) is 9.18 Å². The van der Waals surface area contributed by atoms with Crippen LogP contribution in [0.3, 0.4) is 0 Å². The molecule has 1 aliphatic heterocycles. The van der Waals surface area contributed by atoms with Crippen LogP contribution in [0.5, 0.6) is 0 Å². The second-order valence-corrected chi connectivity index (χ2v) is 8.10. The third kappa shape index (κ3) is 3.52. The van der Waals surface area contributed by atoms with Gasteiger partial charge in [-0.25, -0.2) is 14.4 Å². The Kier molecular flexibility index (Phi) is 5.30. The normalized spacial score (nSPS) is 15.8. The molecule has 4 aromatic rings. The molecule has 1 fully saturated rings. The predicted molar refractivity (Wildman–Crippen MR) is 124 cm³/mol. The number of nitrogens with zero attached hydrogens (tertiary/aromatic N) is 5. The molecule has 1 unspecified atom stereocenters. The van der Waals surface area contributed by atoms with Gasteiger partial charge in [0.15, 0.2) is 5.78 Å². The lowest BCUT2D eigenvalue weighted by molar-refractivity contribution is 0.0989. The first-order chi connectivity index (χ1) is 16.0. The maximum absolute atomic E-state index is 14.8. The zero-order valence-electron chi connectivity index (χ0n) is 18.5. The van der Waals surface area contributed by atoms with Crippen LogP contribution in [0.15, 0.2) is 24.7 Å². The molecular formula is C24H24FN7O. The number of imidazole rings is 1. The van der Waals surface area contributed by atoms with Crippen LogP contribution < -0.4 is 11.1 Å². The number of fused-ring (bicyclic) bond motifs is 2. The molecule has 0 aliphatic carbocycles. The lowest BCUT2D eigenvalue weighted by Gasteiger charge is -2.12. The van der Waals surface area contributed by atoms with Crippen molar-refractivity contribution in [2.75, 3.05) is 18.8 Å². The lowest BCUT2D eigenvalue weighted by Crippen LogP contribution is -2.16. The van der Waals surface area contributed by atoms with Crippen molar-refractivity contribution >= 4 is 33.5 Å². The van der Waals surface area contributed by atoms with Crippen molar-refractivity contribution in [2.24, 2.45) is 0 Å². The van der Waals surface area contributed by atoms with Crippen molar-refractivity contribution in [2.45, 2.75) is 39.3 Å². The first-order valence-electron chi connectivity index (χ1n) is 11.1. The summed E-state index contributed by atoms with van der Waals surface area (Å²) in [7, 11) is 0. The van der Waals surface area contributed by atoms with Crippen molar-refractivity contribution in [3.8, 4) is 11.8 Å². The number of nitrogens with two attached hydrogens (primary N) is 1. The maximum Gasteiger partial charge on any atom is 0.166 e. The summed E-state index contributed by atoms with van der Waals surface area (Å²) in [6.07, 6.45) is 4.41. The van der Waals surface area contributed by atoms with Gasteiger partial charge in [0.1, 0.15) is 17.3 Å². The number of hydrogen-bond acceptors (Lipinski definition) is 6. The van der Waals surface area contributed by atoms with Crippen molar-refractivity contribution < 1.29 is 9.18 Å². The highest BCUT2D eigenvalue weighted by molar-refractivity contribution is 6.09. The number of aromatic nitrogens is 5. The van der Waals surface area contributed by atoms with E-state index in [0.717, 1.165) is 25.0 Å². The second kappa shape index (κ2) is 8.30. The molecule has 0 saturated carbocycles. The van der Waals surface area contributed by atoms with Crippen LogP contribution in [0.4, 0.5) is 10.2 Å². The summed E-state index contributed by atoms with van der Waals surface area (Å²) >= 11 is 0. The zero-order valence-corrected chi connectivity index (χ0v) is 18.5. The Hall–Kier alpha value is -3.77. The minimum atomic E-state index is -0.429. The Balaban J connectivity index is 1.69. The van der Waals surface area contributed by atoms with E-state index in [0.29, 0.717) is 40.6 Å². The van der Waals surface area contributed by atoms with Crippen molar-refractivity contribution in [1.82, 2.24) is 29.6 Å². The highest BCUT2D eigenvalue weighted by Crippen LogP contribution is 2.31. The van der Waals surface area contributed by atoms with E-state index in [1.807, 2.05) is 23.1 Å². The summed E-state index contributed by atoms with van der Waals surface area (Å²) in [5.41, 5.74) is 9.35. The van der Waals surface area contributed by atoms with Gasteiger partial charge < -0.3 is 15.6 Å². The van der Waals surface area contributed by atoms with Gasteiger partial charge in [-0.05, 0) is 31.9 Å². The SMILES string of the molecule is CCC(=O)c1cnc(N)c2c(C#Cc3cc4ncn(CC)c4cc3F)nn(C3CCNC3)c12. The average molecular weight is 446 g/mol. The zero-order chi connectivity index (χ0) is 23.1. The number of aryl methyl sites for hydroxylation is 1. The van der Waals surface area contributed by atoms with Gasteiger partial charge in [0.25, 0.3) is 0 Å². The standard InChI is InChI=1S/C24H24FN7O/c1-3-21(33)16-12-28-24(26)22-18(30-32(23(16)22)15-7-8-27-11-15)6-5-14-9-19-20(10-17(14)25)31(4-2)13-29-19/h9-10,12-13,15,27H,3-4,7-8,11H2,1-2H3,(H2,26,28). The Morgan fingerprint density at radius 1 is 1.30 bits per heavy atom. The average Bonchev–Trinajstić information content (AvgIpc) is 3.56. The number of nitrogen functional groups attached to an aromatic ring is 1. The summed E-state index contributed by atoms with van der Waals surface area (Å²) in [6, 6.07) is 3.15. The largest absolute Gasteiger partial charge is 0.383 e. The summed E-state index contributed by atoms with van der Waals surface area (Å²) in [4.78, 5) is 21.2. The van der Waals surface area contributed by atoms with E-state index < -0.39 is 5.82 Å². The molecule has 1 saturated heterocycles. The van der Waals surface area contributed by atoms with Gasteiger partial charge >= 0.3 is 0 Å². The predicted octanol–water partition coefficient (Wildman–Crippen LogP) is 3.05. The fourth-order valence-corrected chi connectivity index (χ4v) is 4.34. The third-order valence-corrected chi connectivity index (χ3v) is 6.12. The van der Waals surface area contributed by atoms with Gasteiger partial charge in [0.2, 0.25) is 0 Å². The second-order valence-electron chi connectivity index (χ2n) is 8.10. The van der Waals surface area contributed by atoms with E-state index in [1.165, 1.54) is 12.3 Å². The van der Waals surface area contributed by atoms with E-state index in [2.05, 4.69) is 27.1 Å². The van der Waals surface area contributed by atoms with Crippen molar-refractivity contribution in [3.63, 3.8) is 0 Å². The van der Waals surface area contributed by atoms with E-state index in [4.69, 9.17) is 10.8 Å². The molecule has 0 radical (unpaired) electrons. The fourth-order valence-electron chi connectivity index (χ4n) is 4.34. The monoisotopic (exact) mass is 445 g/mol. The molecule has 3 N–H and O–H groups in total. The number of hydrogen-bond donors (Lipinski definition) is 2. The molecular weight excluding hydrogens is 421 g/mol. The molecule has 1 aromatic carbocycles. The molecule has 0 amide bonds. The number of Topliss-reactive ketones (excluding diaryl/α,β-unsaturated/α-hetero) is 1. The highest BCUT2D eigenvalue weighted by atomic mass is 19.1. The van der Waals surface area contributed by atoms with Gasteiger partial charge in [-0.1, -0.05) is 12.8 Å². The molecule has 1 aliphatic rings. The number of ketones is 1. The lowest BCUT2D eigenvalue weighted by atomic mass is 10.1. The first kappa shape index (κ1) is 21.1. The topological polar surface area (TPSA) is 104 Å². The number of halogens is 1. The molecule has 0 spiro atoms. The van der Waals surface area contributed by atoms with Crippen LogP contribution in [0.2, 0.25) is 0 Å². The number of benzene rings is 1. The molecule has 168 valence electrons. The Bertz CT molecular complexity index is 1450.